The second-order valence-electron chi connectivity index (χ2n) is 4.75. The van der Waals surface area contributed by atoms with Crippen LogP contribution in [-0.4, -0.2) is 30.0 Å². The number of aryl methyl sites for hydroxylation is 1. The Bertz CT molecular complexity index is 336. The Morgan fingerprint density at radius 3 is 2.88 bits per heavy atom. The molecule has 1 heterocycles. The number of methoxy groups -OCH3 is 1. The third kappa shape index (κ3) is 2.80. The molecule has 1 atom stereocenters. The maximum atomic E-state index is 5.37. The topological polar surface area (TPSA) is 39.1 Å². The third-order valence-electron chi connectivity index (χ3n) is 3.68. The lowest BCUT2D eigenvalue weighted by molar-refractivity contribution is 0.400. The van der Waals surface area contributed by atoms with Gasteiger partial charge in [-0.2, -0.15) is 5.10 Å². The molecule has 17 heavy (non-hydrogen) atoms. The van der Waals surface area contributed by atoms with Crippen molar-refractivity contribution in [1.82, 2.24) is 15.1 Å². The monoisotopic (exact) mass is 237 g/mol. The highest BCUT2D eigenvalue weighted by Gasteiger charge is 2.30. The largest absolute Gasteiger partial charge is 0.493 e. The summed E-state index contributed by atoms with van der Waals surface area (Å²) in [5, 5.41) is 7.77. The van der Waals surface area contributed by atoms with E-state index in [0.717, 1.165) is 24.6 Å². The van der Waals surface area contributed by atoms with Crippen LogP contribution in [0.4, 0.5) is 0 Å². The summed E-state index contributed by atoms with van der Waals surface area (Å²) in [6.45, 7) is 3.03. The summed E-state index contributed by atoms with van der Waals surface area (Å²) < 4.78 is 7.41. The maximum absolute atomic E-state index is 5.37. The summed E-state index contributed by atoms with van der Waals surface area (Å²) in [6, 6.07) is 0.653. The maximum Gasteiger partial charge on any atom is 0.159 e. The van der Waals surface area contributed by atoms with Crippen LogP contribution in [0, 0.1) is 5.92 Å². The van der Waals surface area contributed by atoms with Crippen molar-refractivity contribution in [2.45, 2.75) is 45.2 Å². The van der Waals surface area contributed by atoms with Crippen molar-refractivity contribution >= 4 is 0 Å². The molecule has 0 amide bonds. The first-order chi connectivity index (χ1) is 8.30. The number of nitrogens with zero attached hydrogens (tertiary/aromatic N) is 2. The summed E-state index contributed by atoms with van der Waals surface area (Å²) in [7, 11) is 3.79. The van der Waals surface area contributed by atoms with Gasteiger partial charge < -0.3 is 10.1 Å². The van der Waals surface area contributed by atoms with E-state index in [2.05, 4.69) is 24.4 Å². The molecule has 0 spiro atoms. The Kier molecular flexibility index (Phi) is 4.05. The summed E-state index contributed by atoms with van der Waals surface area (Å²) in [5.74, 6) is 1.82. The van der Waals surface area contributed by atoms with E-state index < -0.39 is 0 Å². The van der Waals surface area contributed by atoms with E-state index >= 15 is 0 Å². The van der Waals surface area contributed by atoms with Crippen molar-refractivity contribution in [3.8, 4) is 5.75 Å². The molecule has 4 nitrogen and oxygen atoms in total. The van der Waals surface area contributed by atoms with Crippen LogP contribution in [0.25, 0.3) is 0 Å². The van der Waals surface area contributed by atoms with Crippen molar-refractivity contribution in [3.05, 3.63) is 11.9 Å². The Morgan fingerprint density at radius 2 is 2.35 bits per heavy atom. The molecule has 96 valence electrons. The summed E-state index contributed by atoms with van der Waals surface area (Å²) >= 11 is 0. The fraction of sp³-hybridized carbons (Fsp3) is 0.769. The van der Waals surface area contributed by atoms with Crippen molar-refractivity contribution in [3.63, 3.8) is 0 Å². The van der Waals surface area contributed by atoms with Crippen LogP contribution in [0.2, 0.25) is 0 Å². The van der Waals surface area contributed by atoms with Crippen molar-refractivity contribution in [1.29, 1.82) is 0 Å². The van der Waals surface area contributed by atoms with Gasteiger partial charge in [-0.1, -0.05) is 0 Å². The minimum Gasteiger partial charge on any atom is -0.493 e. The fourth-order valence-corrected chi connectivity index (χ4v) is 2.50. The SMILES string of the molecule is CCn1ncc(OC)c1CCC(NC)C1CC1. The molecule has 4 heteroatoms. The molecule has 0 radical (unpaired) electrons. The molecule has 1 unspecified atom stereocenters. The van der Waals surface area contributed by atoms with Gasteiger partial charge in [0, 0.05) is 12.6 Å². The van der Waals surface area contributed by atoms with Gasteiger partial charge in [-0.25, -0.2) is 0 Å². The highest BCUT2D eigenvalue weighted by Crippen LogP contribution is 2.34. The Labute approximate surface area is 103 Å². The minimum atomic E-state index is 0.653. The molecule has 1 N–H and O–H groups in total. The molecule has 0 saturated heterocycles. The van der Waals surface area contributed by atoms with Gasteiger partial charge in [0.15, 0.2) is 5.75 Å². The quantitative estimate of drug-likeness (QED) is 0.786. The van der Waals surface area contributed by atoms with Gasteiger partial charge in [-0.3, -0.25) is 4.68 Å². The van der Waals surface area contributed by atoms with Crippen LogP contribution < -0.4 is 10.1 Å². The molecule has 1 aliphatic carbocycles. The molecule has 1 saturated carbocycles. The van der Waals surface area contributed by atoms with Crippen LogP contribution in [0.3, 0.4) is 0 Å². The third-order valence-corrected chi connectivity index (χ3v) is 3.68. The van der Waals surface area contributed by atoms with E-state index in [9.17, 15) is 0 Å². The number of hydrogen-bond donors (Lipinski definition) is 1. The number of nitrogens with one attached hydrogen (secondary N) is 1. The number of hydrogen-bond acceptors (Lipinski definition) is 3. The highest BCUT2D eigenvalue weighted by molar-refractivity contribution is 5.25. The predicted octanol–water partition coefficient (Wildman–Crippen LogP) is 1.84. The molecule has 1 aliphatic rings. The van der Waals surface area contributed by atoms with Crippen LogP contribution in [0.15, 0.2) is 6.20 Å². The second-order valence-corrected chi connectivity index (χ2v) is 4.75. The second kappa shape index (κ2) is 5.54. The summed E-state index contributed by atoms with van der Waals surface area (Å²) in [5.41, 5.74) is 1.23. The average molecular weight is 237 g/mol. The first kappa shape index (κ1) is 12.4. The minimum absolute atomic E-state index is 0.653. The molecule has 0 bridgehead atoms. The molecule has 0 aliphatic heterocycles. The molecule has 1 fully saturated rings. The lowest BCUT2D eigenvalue weighted by Gasteiger charge is -2.15. The molecule has 0 aromatic carbocycles. The lowest BCUT2D eigenvalue weighted by Crippen LogP contribution is -2.28. The Morgan fingerprint density at radius 1 is 1.59 bits per heavy atom. The fourth-order valence-electron chi connectivity index (χ4n) is 2.50. The van der Waals surface area contributed by atoms with Crippen molar-refractivity contribution in [2.75, 3.05) is 14.2 Å². The van der Waals surface area contributed by atoms with Crippen molar-refractivity contribution < 1.29 is 4.74 Å². The first-order valence-electron chi connectivity index (χ1n) is 6.56. The zero-order valence-corrected chi connectivity index (χ0v) is 11.1. The number of rotatable bonds is 7. The van der Waals surface area contributed by atoms with Gasteiger partial charge in [0.2, 0.25) is 0 Å². The van der Waals surface area contributed by atoms with Crippen molar-refractivity contribution in [2.24, 2.45) is 5.92 Å². The highest BCUT2D eigenvalue weighted by atomic mass is 16.5. The van der Waals surface area contributed by atoms with Gasteiger partial charge in [-0.05, 0) is 45.6 Å². The predicted molar refractivity (Wildman–Crippen MR) is 68.3 cm³/mol. The number of aromatic nitrogens is 2. The van der Waals surface area contributed by atoms with Gasteiger partial charge in [0.05, 0.1) is 19.0 Å². The molecule has 2 rings (SSSR count). The van der Waals surface area contributed by atoms with Gasteiger partial charge in [0.1, 0.15) is 0 Å². The van der Waals surface area contributed by atoms with Gasteiger partial charge >= 0.3 is 0 Å². The zero-order chi connectivity index (χ0) is 12.3. The van der Waals surface area contributed by atoms with Crippen LogP contribution >= 0.6 is 0 Å². The average Bonchev–Trinajstić information content (AvgIpc) is 3.10. The molecular weight excluding hydrogens is 214 g/mol. The molecule has 1 aromatic heterocycles. The smallest absolute Gasteiger partial charge is 0.159 e. The van der Waals surface area contributed by atoms with E-state index in [4.69, 9.17) is 4.74 Å². The number of ether oxygens (including phenoxy) is 1. The van der Waals surface area contributed by atoms with E-state index in [-0.39, 0.29) is 0 Å². The van der Waals surface area contributed by atoms with E-state index in [1.54, 1.807) is 7.11 Å². The standard InChI is InChI=1S/C13H23N3O/c1-4-16-12(13(17-3)9-15-16)8-7-11(14-2)10-5-6-10/h9-11,14H,4-8H2,1-3H3. The molecule has 1 aromatic rings. The van der Waals surface area contributed by atoms with E-state index in [0.29, 0.717) is 6.04 Å². The van der Waals surface area contributed by atoms with Crippen LogP contribution in [-0.2, 0) is 13.0 Å². The van der Waals surface area contributed by atoms with E-state index in [1.165, 1.54) is 25.0 Å². The first-order valence-corrected chi connectivity index (χ1v) is 6.56. The van der Waals surface area contributed by atoms with E-state index in [1.807, 2.05) is 10.9 Å². The van der Waals surface area contributed by atoms with Crippen LogP contribution in [0.1, 0.15) is 31.9 Å². The Hall–Kier alpha value is -1.03. The Balaban J connectivity index is 1.98. The van der Waals surface area contributed by atoms with Gasteiger partial charge in [-0.15, -0.1) is 0 Å². The summed E-state index contributed by atoms with van der Waals surface area (Å²) in [6.07, 6.45) is 6.80. The zero-order valence-electron chi connectivity index (χ0n) is 11.1. The van der Waals surface area contributed by atoms with Crippen LogP contribution in [0.5, 0.6) is 5.75 Å². The summed E-state index contributed by atoms with van der Waals surface area (Å²) in [4.78, 5) is 0. The van der Waals surface area contributed by atoms with Gasteiger partial charge in [0.25, 0.3) is 0 Å². The molecular formula is C13H23N3O. The lowest BCUT2D eigenvalue weighted by atomic mass is 10.1. The normalized spacial score (nSPS) is 17.1.